The Kier molecular flexibility index (Phi) is 1.91. The van der Waals surface area contributed by atoms with Crippen molar-refractivity contribution in [3.05, 3.63) is 46.4 Å². The van der Waals surface area contributed by atoms with Crippen molar-refractivity contribution < 1.29 is 0 Å². The summed E-state index contributed by atoms with van der Waals surface area (Å²) in [6.45, 7) is 0. The van der Waals surface area contributed by atoms with E-state index in [2.05, 4.69) is 52.3 Å². The zero-order chi connectivity index (χ0) is 10.5. The highest BCUT2D eigenvalue weighted by atomic mass is 79.9. The number of hydrogen-bond acceptors (Lipinski definition) is 1. The van der Waals surface area contributed by atoms with Crippen molar-refractivity contribution in [2.75, 3.05) is 0 Å². The third-order valence-electron chi connectivity index (χ3n) is 3.18. The summed E-state index contributed by atoms with van der Waals surface area (Å²) in [6.07, 6.45) is 2.21. The minimum atomic E-state index is -0.0661. The molecule has 1 saturated carbocycles. The van der Waals surface area contributed by atoms with E-state index in [1.54, 1.807) is 0 Å². The number of rotatable bonds is 1. The highest BCUT2D eigenvalue weighted by Gasteiger charge is 2.41. The van der Waals surface area contributed by atoms with Gasteiger partial charge in [0.1, 0.15) is 0 Å². The van der Waals surface area contributed by atoms with Crippen molar-refractivity contribution in [1.82, 2.24) is 0 Å². The Morgan fingerprint density at radius 1 is 1.07 bits per heavy atom. The normalized spacial score (nSPS) is 18.0. The van der Waals surface area contributed by atoms with E-state index in [-0.39, 0.29) is 5.54 Å². The van der Waals surface area contributed by atoms with E-state index in [1.807, 2.05) is 0 Å². The van der Waals surface area contributed by atoms with Crippen LogP contribution in [0.2, 0.25) is 0 Å². The second-order valence-electron chi connectivity index (χ2n) is 4.30. The molecule has 0 unspecified atom stereocenters. The van der Waals surface area contributed by atoms with Gasteiger partial charge in [0, 0.05) is 15.4 Å². The summed E-state index contributed by atoms with van der Waals surface area (Å²) in [4.78, 5) is 0. The van der Waals surface area contributed by atoms with Gasteiger partial charge in [0.15, 0.2) is 0 Å². The van der Waals surface area contributed by atoms with Gasteiger partial charge in [-0.05, 0) is 29.9 Å². The molecule has 1 fully saturated rings. The predicted octanol–water partition coefficient (Wildman–Crippen LogP) is 3.55. The van der Waals surface area contributed by atoms with E-state index in [0.29, 0.717) is 0 Å². The number of nitrogens with two attached hydrogens (primary N) is 1. The molecule has 76 valence electrons. The lowest BCUT2D eigenvalue weighted by Crippen LogP contribution is -2.19. The van der Waals surface area contributed by atoms with Crippen molar-refractivity contribution in [3.63, 3.8) is 0 Å². The van der Waals surface area contributed by atoms with Crippen LogP contribution in [0.3, 0.4) is 0 Å². The van der Waals surface area contributed by atoms with Crippen molar-refractivity contribution in [1.29, 1.82) is 0 Å². The number of halogens is 1. The molecule has 0 aliphatic heterocycles. The highest BCUT2D eigenvalue weighted by Crippen LogP contribution is 2.46. The van der Waals surface area contributed by atoms with Crippen molar-refractivity contribution in [2.45, 2.75) is 18.4 Å². The van der Waals surface area contributed by atoms with Gasteiger partial charge in [-0.3, -0.25) is 0 Å². The zero-order valence-corrected chi connectivity index (χ0v) is 9.92. The van der Waals surface area contributed by atoms with Crippen molar-refractivity contribution in [3.8, 4) is 0 Å². The zero-order valence-electron chi connectivity index (χ0n) is 8.33. The van der Waals surface area contributed by atoms with Crippen molar-refractivity contribution in [2.24, 2.45) is 5.73 Å². The summed E-state index contributed by atoms with van der Waals surface area (Å²) in [5, 5.41) is 2.54. The van der Waals surface area contributed by atoms with E-state index < -0.39 is 0 Å². The number of hydrogen-bond donors (Lipinski definition) is 1. The van der Waals surface area contributed by atoms with Gasteiger partial charge in [-0.1, -0.05) is 46.3 Å². The van der Waals surface area contributed by atoms with Crippen LogP contribution in [-0.4, -0.2) is 0 Å². The lowest BCUT2D eigenvalue weighted by atomic mass is 9.98. The molecule has 0 atom stereocenters. The summed E-state index contributed by atoms with van der Waals surface area (Å²) in [5.41, 5.74) is 7.50. The van der Waals surface area contributed by atoms with E-state index in [4.69, 9.17) is 5.73 Å². The summed E-state index contributed by atoms with van der Waals surface area (Å²) >= 11 is 3.61. The van der Waals surface area contributed by atoms with Crippen LogP contribution in [0, 0.1) is 0 Å². The van der Waals surface area contributed by atoms with Gasteiger partial charge >= 0.3 is 0 Å². The van der Waals surface area contributed by atoms with Crippen LogP contribution in [-0.2, 0) is 5.54 Å². The van der Waals surface area contributed by atoms with Gasteiger partial charge < -0.3 is 5.73 Å². The fourth-order valence-electron chi connectivity index (χ4n) is 2.11. The topological polar surface area (TPSA) is 26.0 Å². The Bertz CT molecular complexity index is 524. The van der Waals surface area contributed by atoms with Crippen LogP contribution in [0.25, 0.3) is 10.8 Å². The fraction of sp³-hybridized carbons (Fsp3) is 0.231. The van der Waals surface area contributed by atoms with Gasteiger partial charge in [0.05, 0.1) is 0 Å². The van der Waals surface area contributed by atoms with Gasteiger partial charge in [0.2, 0.25) is 0 Å². The highest BCUT2D eigenvalue weighted by molar-refractivity contribution is 9.10. The standard InChI is InChI=1S/C13H12BrN/c14-11-6-2-4-9-3-1-5-10(12(9)11)13(15)7-8-13/h1-6H,7-8,15H2. The second kappa shape index (κ2) is 3.06. The van der Waals surface area contributed by atoms with Crippen LogP contribution in [0.5, 0.6) is 0 Å². The van der Waals surface area contributed by atoms with Crippen LogP contribution in [0.15, 0.2) is 40.9 Å². The first-order chi connectivity index (χ1) is 7.21. The molecule has 15 heavy (non-hydrogen) atoms. The third-order valence-corrected chi connectivity index (χ3v) is 3.84. The molecule has 0 radical (unpaired) electrons. The fourth-order valence-corrected chi connectivity index (χ4v) is 2.71. The number of fused-ring (bicyclic) bond motifs is 1. The third kappa shape index (κ3) is 1.40. The van der Waals surface area contributed by atoms with E-state index >= 15 is 0 Å². The Morgan fingerprint density at radius 2 is 1.73 bits per heavy atom. The van der Waals surface area contributed by atoms with Crippen LogP contribution < -0.4 is 5.73 Å². The molecule has 0 saturated heterocycles. The van der Waals surface area contributed by atoms with Gasteiger partial charge in [-0.2, -0.15) is 0 Å². The molecule has 1 aliphatic rings. The maximum absolute atomic E-state index is 6.28. The molecule has 2 N–H and O–H groups in total. The Morgan fingerprint density at radius 3 is 2.40 bits per heavy atom. The lowest BCUT2D eigenvalue weighted by Gasteiger charge is -2.13. The quantitative estimate of drug-likeness (QED) is 0.835. The average Bonchev–Trinajstić information content (AvgIpc) is 2.98. The SMILES string of the molecule is NC1(c2cccc3cccc(Br)c23)CC1. The van der Waals surface area contributed by atoms with Crippen LogP contribution in [0.1, 0.15) is 18.4 Å². The summed E-state index contributed by atoms with van der Waals surface area (Å²) in [6, 6.07) is 12.7. The van der Waals surface area contributed by atoms with Gasteiger partial charge in [0.25, 0.3) is 0 Å². The molecule has 0 heterocycles. The maximum Gasteiger partial charge on any atom is 0.0417 e. The molecule has 2 aromatic carbocycles. The predicted molar refractivity (Wildman–Crippen MR) is 66.7 cm³/mol. The van der Waals surface area contributed by atoms with Crippen LogP contribution in [0.4, 0.5) is 0 Å². The minimum Gasteiger partial charge on any atom is -0.321 e. The molecule has 0 amide bonds. The maximum atomic E-state index is 6.28. The Hall–Kier alpha value is -0.860. The largest absolute Gasteiger partial charge is 0.321 e. The first kappa shape index (κ1) is 9.37. The molecule has 2 aromatic rings. The van der Waals surface area contributed by atoms with E-state index in [0.717, 1.165) is 17.3 Å². The molecular formula is C13H12BrN. The lowest BCUT2D eigenvalue weighted by molar-refractivity contribution is 0.748. The molecule has 1 aliphatic carbocycles. The Labute approximate surface area is 97.4 Å². The minimum absolute atomic E-state index is 0.0661. The average molecular weight is 262 g/mol. The molecule has 1 nitrogen and oxygen atoms in total. The monoisotopic (exact) mass is 261 g/mol. The Balaban J connectivity index is 2.39. The summed E-state index contributed by atoms with van der Waals surface area (Å²) in [5.74, 6) is 0. The summed E-state index contributed by atoms with van der Waals surface area (Å²) < 4.78 is 1.15. The molecular weight excluding hydrogens is 250 g/mol. The smallest absolute Gasteiger partial charge is 0.0417 e. The second-order valence-corrected chi connectivity index (χ2v) is 5.15. The van der Waals surface area contributed by atoms with Gasteiger partial charge in [-0.15, -0.1) is 0 Å². The van der Waals surface area contributed by atoms with Gasteiger partial charge in [-0.25, -0.2) is 0 Å². The first-order valence-corrected chi connectivity index (χ1v) is 5.97. The molecule has 0 aromatic heterocycles. The van der Waals surface area contributed by atoms with E-state index in [9.17, 15) is 0 Å². The molecule has 0 bridgehead atoms. The van der Waals surface area contributed by atoms with Crippen molar-refractivity contribution >= 4 is 26.7 Å². The molecule has 2 heteroatoms. The number of benzene rings is 2. The van der Waals surface area contributed by atoms with Crippen LogP contribution >= 0.6 is 15.9 Å². The summed E-state index contributed by atoms with van der Waals surface area (Å²) in [7, 11) is 0. The molecule has 3 rings (SSSR count). The first-order valence-electron chi connectivity index (χ1n) is 5.17. The van der Waals surface area contributed by atoms with E-state index in [1.165, 1.54) is 16.3 Å². The molecule has 0 spiro atoms.